The molecule has 3 rings (SSSR count). The third-order valence-electron chi connectivity index (χ3n) is 5.66. The van der Waals surface area contributed by atoms with Gasteiger partial charge in [-0.2, -0.15) is 13.2 Å². The number of ether oxygens (including phenoxy) is 1. The van der Waals surface area contributed by atoms with E-state index in [1.54, 1.807) is 17.9 Å². The van der Waals surface area contributed by atoms with Crippen LogP contribution >= 0.6 is 15.9 Å². The van der Waals surface area contributed by atoms with E-state index in [-0.39, 0.29) is 24.9 Å². The first kappa shape index (κ1) is 19.6. The predicted octanol–water partition coefficient (Wildman–Crippen LogP) is 5.08. The quantitative estimate of drug-likeness (QED) is 0.485. The first-order valence-corrected chi connectivity index (χ1v) is 9.36. The summed E-state index contributed by atoms with van der Waals surface area (Å²) in [5.74, 6) is -0.595. The Bertz CT molecular complexity index is 698. The monoisotopic (exact) mass is 437 g/mol. The van der Waals surface area contributed by atoms with Gasteiger partial charge in [0.25, 0.3) is 0 Å². The Morgan fingerprint density at radius 2 is 2.04 bits per heavy atom. The molecule has 1 saturated carbocycles. The van der Waals surface area contributed by atoms with Crippen molar-refractivity contribution in [3.63, 3.8) is 0 Å². The number of aldehydes is 1. The minimum Gasteiger partial charge on any atom is -0.470 e. The number of carbonyl (C=O) groups is 1. The molecule has 26 heavy (non-hydrogen) atoms. The van der Waals surface area contributed by atoms with Crippen LogP contribution in [-0.2, 0) is 4.79 Å². The highest BCUT2D eigenvalue weighted by Crippen LogP contribution is 2.55. The summed E-state index contributed by atoms with van der Waals surface area (Å²) in [5.41, 5.74) is -3.47. The number of halogens is 5. The molecule has 3 atom stereocenters. The lowest BCUT2D eigenvalue weighted by atomic mass is 9.63. The molecule has 2 aliphatic rings. The molecule has 3 nitrogen and oxygen atoms in total. The van der Waals surface area contributed by atoms with Crippen LogP contribution in [0.2, 0.25) is 0 Å². The van der Waals surface area contributed by atoms with E-state index in [1.807, 2.05) is 0 Å². The van der Waals surface area contributed by atoms with Crippen molar-refractivity contribution in [3.05, 3.63) is 28.5 Å². The van der Waals surface area contributed by atoms with E-state index in [9.17, 15) is 22.4 Å². The van der Waals surface area contributed by atoms with Crippen molar-refractivity contribution in [3.8, 4) is 5.75 Å². The molecule has 0 spiro atoms. The SMILES string of the molecule is CC1(Oc2ccc(Br)cc2F)CCCCN1C1CCC1(C=O)C(F)(F)F. The average Bonchev–Trinajstić information content (AvgIpc) is 2.51. The summed E-state index contributed by atoms with van der Waals surface area (Å²) in [4.78, 5) is 13.0. The largest absolute Gasteiger partial charge is 0.470 e. The molecule has 1 heterocycles. The molecule has 0 radical (unpaired) electrons. The third-order valence-corrected chi connectivity index (χ3v) is 6.15. The Morgan fingerprint density at radius 1 is 1.31 bits per heavy atom. The molecule has 1 aromatic rings. The van der Waals surface area contributed by atoms with Gasteiger partial charge in [0.05, 0.1) is 0 Å². The van der Waals surface area contributed by atoms with Crippen molar-refractivity contribution in [2.75, 3.05) is 6.54 Å². The Labute approximate surface area is 157 Å². The van der Waals surface area contributed by atoms with E-state index in [2.05, 4.69) is 15.9 Å². The Hall–Kier alpha value is -1.15. The number of nitrogens with zero attached hydrogens (tertiary/aromatic N) is 1. The van der Waals surface area contributed by atoms with Crippen molar-refractivity contribution in [1.29, 1.82) is 0 Å². The minimum absolute atomic E-state index is 0.00867. The van der Waals surface area contributed by atoms with Crippen LogP contribution in [0.3, 0.4) is 0 Å². The smallest absolute Gasteiger partial charge is 0.402 e. The lowest BCUT2D eigenvalue weighted by Gasteiger charge is -2.57. The van der Waals surface area contributed by atoms with E-state index in [4.69, 9.17) is 4.74 Å². The molecule has 0 N–H and O–H groups in total. The molecular formula is C18H20BrF4NO2. The standard InChI is InChI=1S/C18H20BrF4NO2/c1-16(26-14-5-4-12(19)10-13(14)20)7-2-3-9-24(16)15-6-8-17(15,11-25)18(21,22)23/h4-5,10-11,15H,2-3,6-9H2,1H3. The summed E-state index contributed by atoms with van der Waals surface area (Å²) < 4.78 is 61.4. The van der Waals surface area contributed by atoms with E-state index in [1.165, 1.54) is 12.1 Å². The van der Waals surface area contributed by atoms with Crippen LogP contribution in [0, 0.1) is 11.2 Å². The van der Waals surface area contributed by atoms with Gasteiger partial charge in [-0.1, -0.05) is 15.9 Å². The van der Waals surface area contributed by atoms with Crippen molar-refractivity contribution in [2.45, 2.75) is 57.0 Å². The summed E-state index contributed by atoms with van der Waals surface area (Å²) >= 11 is 3.17. The molecule has 0 bridgehead atoms. The molecule has 0 aromatic heterocycles. The molecule has 1 aliphatic heterocycles. The number of likely N-dealkylation sites (tertiary alicyclic amines) is 1. The summed E-state index contributed by atoms with van der Waals surface area (Å²) in [5, 5.41) is 0. The second kappa shape index (κ2) is 6.78. The predicted molar refractivity (Wildman–Crippen MR) is 91.3 cm³/mol. The number of alkyl halides is 3. The van der Waals surface area contributed by atoms with Gasteiger partial charge in [0, 0.05) is 23.5 Å². The van der Waals surface area contributed by atoms with Crippen molar-refractivity contribution in [2.24, 2.45) is 5.41 Å². The second-order valence-electron chi connectivity index (χ2n) is 7.21. The zero-order valence-electron chi connectivity index (χ0n) is 14.3. The number of hydrogen-bond acceptors (Lipinski definition) is 3. The first-order valence-electron chi connectivity index (χ1n) is 8.57. The molecule has 2 fully saturated rings. The molecule has 0 amide bonds. The second-order valence-corrected chi connectivity index (χ2v) is 8.13. The highest BCUT2D eigenvalue weighted by molar-refractivity contribution is 9.10. The molecule has 1 saturated heterocycles. The van der Waals surface area contributed by atoms with Gasteiger partial charge in [0.1, 0.15) is 11.7 Å². The average molecular weight is 438 g/mol. The maximum atomic E-state index is 14.2. The van der Waals surface area contributed by atoms with Gasteiger partial charge in [-0.05, 0) is 50.8 Å². The van der Waals surface area contributed by atoms with E-state index in [0.29, 0.717) is 23.9 Å². The molecule has 1 aromatic carbocycles. The third kappa shape index (κ3) is 3.15. The lowest BCUT2D eigenvalue weighted by Crippen LogP contribution is -2.69. The number of rotatable bonds is 4. The van der Waals surface area contributed by atoms with Crippen LogP contribution in [0.15, 0.2) is 22.7 Å². The van der Waals surface area contributed by atoms with Crippen LogP contribution in [0.5, 0.6) is 5.75 Å². The molecular weight excluding hydrogens is 418 g/mol. The van der Waals surface area contributed by atoms with Gasteiger partial charge in [-0.25, -0.2) is 4.39 Å². The highest BCUT2D eigenvalue weighted by Gasteiger charge is 2.67. The van der Waals surface area contributed by atoms with Crippen LogP contribution < -0.4 is 4.74 Å². The van der Waals surface area contributed by atoms with Crippen molar-refractivity contribution < 1.29 is 27.1 Å². The van der Waals surface area contributed by atoms with Crippen LogP contribution in [0.1, 0.15) is 39.0 Å². The van der Waals surface area contributed by atoms with Crippen LogP contribution in [0.4, 0.5) is 17.6 Å². The normalized spacial score (nSPS) is 32.8. The van der Waals surface area contributed by atoms with Gasteiger partial charge in [0.2, 0.25) is 0 Å². The van der Waals surface area contributed by atoms with Crippen molar-refractivity contribution >= 4 is 22.2 Å². The Kier molecular flexibility index (Phi) is 5.11. The number of hydrogen-bond donors (Lipinski definition) is 0. The zero-order valence-corrected chi connectivity index (χ0v) is 15.9. The van der Waals surface area contributed by atoms with Crippen LogP contribution in [-0.4, -0.2) is 35.7 Å². The number of piperidine rings is 1. The van der Waals surface area contributed by atoms with E-state index < -0.39 is 29.2 Å². The number of carbonyl (C=O) groups excluding carboxylic acids is 1. The summed E-state index contributed by atoms with van der Waals surface area (Å²) in [6, 6.07) is 3.34. The summed E-state index contributed by atoms with van der Waals surface area (Å²) in [6.07, 6.45) is -2.59. The fourth-order valence-corrected chi connectivity index (χ4v) is 4.39. The summed E-state index contributed by atoms with van der Waals surface area (Å²) in [6.45, 7) is 2.06. The van der Waals surface area contributed by atoms with Gasteiger partial charge < -0.3 is 9.53 Å². The number of benzene rings is 1. The van der Waals surface area contributed by atoms with Gasteiger partial charge in [0.15, 0.2) is 17.3 Å². The van der Waals surface area contributed by atoms with Gasteiger partial charge in [-0.15, -0.1) is 0 Å². The zero-order chi connectivity index (χ0) is 19.2. The van der Waals surface area contributed by atoms with Crippen LogP contribution in [0.25, 0.3) is 0 Å². The maximum Gasteiger partial charge on any atom is 0.402 e. The molecule has 1 aliphatic carbocycles. The molecule has 3 unspecified atom stereocenters. The fourth-order valence-electron chi connectivity index (χ4n) is 4.06. The van der Waals surface area contributed by atoms with E-state index in [0.717, 1.165) is 6.42 Å². The van der Waals surface area contributed by atoms with Crippen molar-refractivity contribution in [1.82, 2.24) is 4.90 Å². The minimum atomic E-state index is -4.61. The lowest BCUT2D eigenvalue weighted by molar-refractivity contribution is -0.277. The fraction of sp³-hybridized carbons (Fsp3) is 0.611. The molecule has 8 heteroatoms. The highest BCUT2D eigenvalue weighted by atomic mass is 79.9. The Balaban J connectivity index is 1.91. The van der Waals surface area contributed by atoms with E-state index >= 15 is 0 Å². The summed E-state index contributed by atoms with van der Waals surface area (Å²) in [7, 11) is 0. The topological polar surface area (TPSA) is 29.5 Å². The van der Waals surface area contributed by atoms with Gasteiger partial charge >= 0.3 is 6.18 Å². The van der Waals surface area contributed by atoms with Gasteiger partial charge in [-0.3, -0.25) is 4.90 Å². The molecule has 144 valence electrons. The maximum absolute atomic E-state index is 14.2. The Morgan fingerprint density at radius 3 is 2.58 bits per heavy atom. The first-order chi connectivity index (χ1) is 12.1.